The summed E-state index contributed by atoms with van der Waals surface area (Å²) in [6, 6.07) is 0.0811. The van der Waals surface area contributed by atoms with E-state index in [-0.39, 0.29) is 6.04 Å². The van der Waals surface area contributed by atoms with Crippen molar-refractivity contribution in [2.24, 2.45) is 0 Å². The molecular weight excluding hydrogens is 216 g/mol. The minimum atomic E-state index is 0.0811. The van der Waals surface area contributed by atoms with E-state index in [0.717, 1.165) is 45.3 Å². The molecule has 1 amide bonds. The van der Waals surface area contributed by atoms with Gasteiger partial charge in [-0.3, -0.25) is 4.79 Å². The van der Waals surface area contributed by atoms with E-state index in [1.807, 2.05) is 4.90 Å². The highest BCUT2D eigenvalue weighted by Gasteiger charge is 2.30. The van der Waals surface area contributed by atoms with Crippen molar-refractivity contribution in [2.45, 2.75) is 57.8 Å². The van der Waals surface area contributed by atoms with Crippen LogP contribution in [0.2, 0.25) is 0 Å². The molecule has 0 bridgehead atoms. The number of hydrogen-bond donors (Lipinski definition) is 1. The molecule has 4 heteroatoms. The first-order valence-corrected chi connectivity index (χ1v) is 6.84. The van der Waals surface area contributed by atoms with E-state index in [2.05, 4.69) is 19.2 Å². The lowest BCUT2D eigenvalue weighted by molar-refractivity contribution is -0.136. The predicted octanol–water partition coefficient (Wildman–Crippen LogP) is 1.15. The second kappa shape index (κ2) is 5.83. The Morgan fingerprint density at radius 3 is 2.53 bits per heavy atom. The molecule has 2 fully saturated rings. The SMILES string of the molecule is CC(C)OC1CCN(C(=O)C2CCCN2)CC1. The maximum Gasteiger partial charge on any atom is 0.239 e. The Bertz CT molecular complexity index is 254. The van der Waals surface area contributed by atoms with E-state index >= 15 is 0 Å². The monoisotopic (exact) mass is 240 g/mol. The molecule has 0 aromatic rings. The molecule has 2 aliphatic heterocycles. The number of hydrogen-bond acceptors (Lipinski definition) is 3. The molecule has 0 aromatic heterocycles. The molecule has 0 spiro atoms. The molecule has 0 aromatic carbocycles. The molecule has 0 radical (unpaired) electrons. The van der Waals surface area contributed by atoms with Crippen LogP contribution in [0.15, 0.2) is 0 Å². The molecule has 1 N–H and O–H groups in total. The highest BCUT2D eigenvalue weighted by atomic mass is 16.5. The number of rotatable bonds is 3. The topological polar surface area (TPSA) is 41.6 Å². The summed E-state index contributed by atoms with van der Waals surface area (Å²) in [6.07, 6.45) is 4.73. The summed E-state index contributed by atoms with van der Waals surface area (Å²) in [6.45, 7) is 6.84. The van der Waals surface area contributed by atoms with Crippen LogP contribution >= 0.6 is 0 Å². The van der Waals surface area contributed by atoms with Gasteiger partial charge >= 0.3 is 0 Å². The second-order valence-electron chi connectivity index (χ2n) is 5.36. The van der Waals surface area contributed by atoms with Crippen LogP contribution < -0.4 is 5.32 Å². The van der Waals surface area contributed by atoms with Gasteiger partial charge in [0.15, 0.2) is 0 Å². The molecule has 2 rings (SSSR count). The average Bonchev–Trinajstić information content (AvgIpc) is 2.82. The molecule has 2 aliphatic rings. The highest BCUT2D eigenvalue weighted by molar-refractivity contribution is 5.82. The van der Waals surface area contributed by atoms with Crippen molar-refractivity contribution in [3.63, 3.8) is 0 Å². The van der Waals surface area contributed by atoms with Crippen LogP contribution in [-0.4, -0.2) is 48.7 Å². The van der Waals surface area contributed by atoms with Crippen LogP contribution in [0.25, 0.3) is 0 Å². The van der Waals surface area contributed by atoms with E-state index in [0.29, 0.717) is 18.1 Å². The Balaban J connectivity index is 1.76. The molecule has 2 saturated heterocycles. The molecule has 1 unspecified atom stereocenters. The Kier molecular flexibility index (Phi) is 4.40. The first kappa shape index (κ1) is 12.8. The van der Waals surface area contributed by atoms with Crippen LogP contribution in [0, 0.1) is 0 Å². The molecule has 0 aliphatic carbocycles. The third-order valence-corrected chi connectivity index (χ3v) is 3.58. The van der Waals surface area contributed by atoms with Crippen molar-refractivity contribution in [3.8, 4) is 0 Å². The molecule has 0 saturated carbocycles. The van der Waals surface area contributed by atoms with Crippen molar-refractivity contribution >= 4 is 5.91 Å². The first-order chi connectivity index (χ1) is 8.16. The maximum atomic E-state index is 12.2. The fraction of sp³-hybridized carbons (Fsp3) is 0.923. The van der Waals surface area contributed by atoms with E-state index in [4.69, 9.17) is 4.74 Å². The largest absolute Gasteiger partial charge is 0.375 e. The minimum Gasteiger partial charge on any atom is -0.375 e. The molecule has 1 atom stereocenters. The zero-order valence-corrected chi connectivity index (χ0v) is 10.9. The van der Waals surface area contributed by atoms with Gasteiger partial charge in [-0.25, -0.2) is 0 Å². The second-order valence-corrected chi connectivity index (χ2v) is 5.36. The lowest BCUT2D eigenvalue weighted by atomic mass is 10.1. The highest BCUT2D eigenvalue weighted by Crippen LogP contribution is 2.17. The number of likely N-dealkylation sites (tertiary alicyclic amines) is 1. The van der Waals surface area contributed by atoms with E-state index < -0.39 is 0 Å². The molecule has 2 heterocycles. The van der Waals surface area contributed by atoms with Crippen molar-refractivity contribution in [1.29, 1.82) is 0 Å². The van der Waals surface area contributed by atoms with Gasteiger partial charge in [-0.15, -0.1) is 0 Å². The van der Waals surface area contributed by atoms with Crippen LogP contribution in [0.5, 0.6) is 0 Å². The van der Waals surface area contributed by atoms with Crippen LogP contribution in [0.1, 0.15) is 39.5 Å². The van der Waals surface area contributed by atoms with Gasteiger partial charge in [-0.05, 0) is 46.1 Å². The summed E-state index contributed by atoms with van der Waals surface area (Å²) >= 11 is 0. The zero-order chi connectivity index (χ0) is 12.3. The van der Waals surface area contributed by atoms with Gasteiger partial charge in [0.2, 0.25) is 5.91 Å². The number of carbonyl (C=O) groups is 1. The van der Waals surface area contributed by atoms with Crippen LogP contribution in [0.3, 0.4) is 0 Å². The summed E-state index contributed by atoms with van der Waals surface area (Å²) in [5.74, 6) is 0.297. The van der Waals surface area contributed by atoms with Gasteiger partial charge in [-0.1, -0.05) is 0 Å². The quantitative estimate of drug-likeness (QED) is 0.804. The fourth-order valence-electron chi connectivity index (χ4n) is 2.71. The zero-order valence-electron chi connectivity index (χ0n) is 10.9. The number of piperidine rings is 1. The Morgan fingerprint density at radius 1 is 1.29 bits per heavy atom. The smallest absolute Gasteiger partial charge is 0.239 e. The summed E-state index contributed by atoms with van der Waals surface area (Å²) in [7, 11) is 0. The van der Waals surface area contributed by atoms with Gasteiger partial charge < -0.3 is 15.0 Å². The minimum absolute atomic E-state index is 0.0811. The number of amides is 1. The van der Waals surface area contributed by atoms with Crippen LogP contribution in [-0.2, 0) is 9.53 Å². The summed E-state index contributed by atoms with van der Waals surface area (Å²) in [5, 5.41) is 3.27. The normalized spacial score (nSPS) is 26.8. The molecule has 4 nitrogen and oxygen atoms in total. The Hall–Kier alpha value is -0.610. The van der Waals surface area contributed by atoms with Crippen LogP contribution in [0.4, 0.5) is 0 Å². The van der Waals surface area contributed by atoms with Gasteiger partial charge in [0.1, 0.15) is 0 Å². The molecular formula is C13H24N2O2. The van der Waals surface area contributed by atoms with Gasteiger partial charge in [-0.2, -0.15) is 0 Å². The molecule has 98 valence electrons. The van der Waals surface area contributed by atoms with Gasteiger partial charge in [0.05, 0.1) is 18.2 Å². The lowest BCUT2D eigenvalue weighted by Gasteiger charge is -2.34. The number of nitrogens with one attached hydrogen (secondary N) is 1. The summed E-state index contributed by atoms with van der Waals surface area (Å²) in [5.41, 5.74) is 0. The fourth-order valence-corrected chi connectivity index (χ4v) is 2.71. The Morgan fingerprint density at radius 2 is 2.00 bits per heavy atom. The van der Waals surface area contributed by atoms with E-state index in [1.54, 1.807) is 0 Å². The van der Waals surface area contributed by atoms with E-state index in [9.17, 15) is 4.79 Å². The summed E-state index contributed by atoms with van der Waals surface area (Å²) in [4.78, 5) is 14.2. The summed E-state index contributed by atoms with van der Waals surface area (Å²) < 4.78 is 5.79. The van der Waals surface area contributed by atoms with Crippen molar-refractivity contribution in [3.05, 3.63) is 0 Å². The first-order valence-electron chi connectivity index (χ1n) is 6.84. The number of nitrogens with zero attached hydrogens (tertiary/aromatic N) is 1. The maximum absolute atomic E-state index is 12.2. The third-order valence-electron chi connectivity index (χ3n) is 3.58. The third kappa shape index (κ3) is 3.42. The average molecular weight is 240 g/mol. The van der Waals surface area contributed by atoms with Gasteiger partial charge in [0, 0.05) is 13.1 Å². The number of ether oxygens (including phenoxy) is 1. The standard InChI is InChI=1S/C13H24N2O2/c1-10(2)17-11-5-8-15(9-6-11)13(16)12-4-3-7-14-12/h10-12,14H,3-9H2,1-2H3. The number of carbonyl (C=O) groups excluding carboxylic acids is 1. The van der Waals surface area contributed by atoms with Crippen molar-refractivity contribution in [1.82, 2.24) is 10.2 Å². The predicted molar refractivity (Wildman–Crippen MR) is 66.8 cm³/mol. The lowest BCUT2D eigenvalue weighted by Crippen LogP contribution is -2.48. The molecule has 17 heavy (non-hydrogen) atoms. The Labute approximate surface area is 104 Å². The van der Waals surface area contributed by atoms with Crippen molar-refractivity contribution in [2.75, 3.05) is 19.6 Å². The van der Waals surface area contributed by atoms with Gasteiger partial charge in [0.25, 0.3) is 0 Å². The van der Waals surface area contributed by atoms with E-state index in [1.165, 1.54) is 0 Å². The van der Waals surface area contributed by atoms with Crippen molar-refractivity contribution < 1.29 is 9.53 Å².